The number of nitriles is 1. The lowest BCUT2D eigenvalue weighted by atomic mass is 10.2. The minimum atomic E-state index is -0.347. The lowest BCUT2D eigenvalue weighted by Crippen LogP contribution is -2.38. The van der Waals surface area contributed by atoms with E-state index in [9.17, 15) is 9.59 Å². The molecule has 0 aliphatic rings. The molecule has 1 rings (SSSR count). The molecule has 8 heteroatoms. The van der Waals surface area contributed by atoms with Crippen LogP contribution in [-0.4, -0.2) is 41.6 Å². The Bertz CT molecular complexity index is 538. The summed E-state index contributed by atoms with van der Waals surface area (Å²) in [6.45, 7) is 3.85. The van der Waals surface area contributed by atoms with Gasteiger partial charge in [0.2, 0.25) is 0 Å². The smallest absolute Gasteiger partial charge is 0.323 e. The van der Waals surface area contributed by atoms with Gasteiger partial charge in [-0.05, 0) is 13.8 Å². The molecule has 7 nitrogen and oxygen atoms in total. The summed E-state index contributed by atoms with van der Waals surface area (Å²) in [5.41, 5.74) is 0.557. The number of nitrogens with one attached hydrogen (secondary N) is 1. The highest BCUT2D eigenvalue weighted by atomic mass is 32.1. The third-order valence-corrected chi connectivity index (χ3v) is 3.57. The lowest BCUT2D eigenvalue weighted by Gasteiger charge is -2.22. The van der Waals surface area contributed by atoms with Gasteiger partial charge in [-0.2, -0.15) is 5.26 Å². The number of ether oxygens (including phenoxy) is 1. The van der Waals surface area contributed by atoms with Crippen LogP contribution in [0, 0.1) is 11.3 Å². The maximum atomic E-state index is 11.9. The third-order valence-electron chi connectivity index (χ3n) is 2.76. The van der Waals surface area contributed by atoms with Gasteiger partial charge in [-0.25, -0.2) is 9.78 Å². The number of hydrogen-bond acceptors (Lipinski definition) is 6. The number of carbonyl (C=O) groups excluding carboxylic acids is 2. The minimum absolute atomic E-state index is 0.0842. The fourth-order valence-electron chi connectivity index (χ4n) is 1.45. The molecule has 114 valence electrons. The van der Waals surface area contributed by atoms with Crippen LogP contribution < -0.4 is 5.32 Å². The van der Waals surface area contributed by atoms with E-state index in [0.717, 1.165) is 0 Å². The second-order valence-corrected chi connectivity index (χ2v) is 5.24. The Kier molecular flexibility index (Phi) is 6.62. The van der Waals surface area contributed by atoms with Crippen molar-refractivity contribution in [2.24, 2.45) is 0 Å². The summed E-state index contributed by atoms with van der Waals surface area (Å²) in [6, 6.07) is 1.49. The van der Waals surface area contributed by atoms with Gasteiger partial charge in [0.25, 0.3) is 0 Å². The number of aromatic nitrogens is 1. The molecule has 1 N–H and O–H groups in total. The molecule has 21 heavy (non-hydrogen) atoms. The van der Waals surface area contributed by atoms with Crippen LogP contribution in [0.4, 0.5) is 9.93 Å². The summed E-state index contributed by atoms with van der Waals surface area (Å²) < 4.78 is 4.83. The molecule has 1 aromatic heterocycles. The van der Waals surface area contributed by atoms with Crippen LogP contribution in [0.1, 0.15) is 26.0 Å². The second kappa shape index (κ2) is 8.21. The van der Waals surface area contributed by atoms with Crippen LogP contribution in [0.3, 0.4) is 0 Å². The largest absolute Gasteiger partial charge is 0.466 e. The van der Waals surface area contributed by atoms with Crippen molar-refractivity contribution in [2.75, 3.05) is 19.0 Å². The second-order valence-electron chi connectivity index (χ2n) is 4.38. The molecule has 2 amide bonds. The summed E-state index contributed by atoms with van der Waals surface area (Å²) in [5.74, 6) is -0.347. The van der Waals surface area contributed by atoms with Gasteiger partial charge in [0.05, 0.1) is 31.2 Å². The molecule has 1 heterocycles. The van der Waals surface area contributed by atoms with Crippen molar-refractivity contribution in [2.45, 2.75) is 32.7 Å². The van der Waals surface area contributed by atoms with Crippen molar-refractivity contribution in [3.63, 3.8) is 0 Å². The fraction of sp³-hybridized carbons (Fsp3) is 0.538. The van der Waals surface area contributed by atoms with Gasteiger partial charge in [0.1, 0.15) is 0 Å². The number of nitrogens with zero attached hydrogens (tertiary/aromatic N) is 3. The number of urea groups is 1. The summed E-state index contributed by atoms with van der Waals surface area (Å²) in [5, 5.41) is 13.4. The van der Waals surface area contributed by atoms with E-state index < -0.39 is 0 Å². The van der Waals surface area contributed by atoms with Crippen LogP contribution in [-0.2, 0) is 16.0 Å². The first kappa shape index (κ1) is 16.9. The number of esters is 1. The molecular formula is C13H18N4O3S. The first-order valence-electron chi connectivity index (χ1n) is 6.48. The number of rotatable bonds is 6. The van der Waals surface area contributed by atoms with Crippen molar-refractivity contribution in [3.05, 3.63) is 11.1 Å². The van der Waals surface area contributed by atoms with Crippen molar-refractivity contribution < 1.29 is 14.3 Å². The van der Waals surface area contributed by atoms with E-state index in [4.69, 9.17) is 10.00 Å². The van der Waals surface area contributed by atoms with E-state index in [0.29, 0.717) is 17.4 Å². The summed E-state index contributed by atoms with van der Waals surface area (Å²) >= 11 is 1.24. The maximum Gasteiger partial charge on any atom is 0.323 e. The molecule has 1 atom stereocenters. The molecule has 0 saturated carbocycles. The molecular weight excluding hydrogens is 292 g/mol. The zero-order valence-electron chi connectivity index (χ0n) is 12.3. The number of anilines is 1. The van der Waals surface area contributed by atoms with Gasteiger partial charge in [-0.15, -0.1) is 11.3 Å². The Morgan fingerprint density at radius 1 is 1.62 bits per heavy atom. The molecule has 1 aromatic rings. The highest BCUT2D eigenvalue weighted by Gasteiger charge is 2.17. The zero-order valence-corrected chi connectivity index (χ0v) is 13.1. The maximum absolute atomic E-state index is 11.9. The van der Waals surface area contributed by atoms with Crippen molar-refractivity contribution in [3.8, 4) is 6.07 Å². The Labute approximate surface area is 127 Å². The van der Waals surface area contributed by atoms with Crippen LogP contribution in [0.25, 0.3) is 0 Å². The van der Waals surface area contributed by atoms with E-state index in [1.807, 2.05) is 6.07 Å². The quantitative estimate of drug-likeness (QED) is 0.811. The minimum Gasteiger partial charge on any atom is -0.466 e. The van der Waals surface area contributed by atoms with Gasteiger partial charge < -0.3 is 9.64 Å². The third kappa shape index (κ3) is 5.39. The van der Waals surface area contributed by atoms with E-state index in [2.05, 4.69) is 10.3 Å². The fourth-order valence-corrected chi connectivity index (χ4v) is 2.15. The molecule has 0 saturated heterocycles. The number of carbonyl (C=O) groups is 2. The molecule has 0 aliphatic carbocycles. The number of amides is 2. The average Bonchev–Trinajstić information content (AvgIpc) is 2.85. The highest BCUT2D eigenvalue weighted by Crippen LogP contribution is 2.17. The zero-order chi connectivity index (χ0) is 15.8. The van der Waals surface area contributed by atoms with Gasteiger partial charge in [0, 0.05) is 18.5 Å². The van der Waals surface area contributed by atoms with Crippen LogP contribution in [0.15, 0.2) is 5.38 Å². The van der Waals surface area contributed by atoms with E-state index in [1.165, 1.54) is 16.2 Å². The summed E-state index contributed by atoms with van der Waals surface area (Å²) in [4.78, 5) is 28.9. The Hall–Kier alpha value is -2.14. The first-order valence-corrected chi connectivity index (χ1v) is 7.36. The number of thiazole rings is 1. The Morgan fingerprint density at radius 2 is 2.33 bits per heavy atom. The molecule has 0 bridgehead atoms. The van der Waals surface area contributed by atoms with E-state index >= 15 is 0 Å². The van der Waals surface area contributed by atoms with Crippen LogP contribution >= 0.6 is 11.3 Å². The Balaban J connectivity index is 2.56. The molecule has 0 spiro atoms. The summed E-state index contributed by atoms with van der Waals surface area (Å²) in [6.07, 6.45) is 0.344. The van der Waals surface area contributed by atoms with E-state index in [-0.39, 0.29) is 30.9 Å². The molecule has 0 radical (unpaired) electrons. The SMILES string of the molecule is CCOC(=O)Cc1csc(NC(=O)N(C)C(C)CC#N)n1. The molecule has 1 unspecified atom stereocenters. The van der Waals surface area contributed by atoms with E-state index in [1.54, 1.807) is 26.3 Å². The van der Waals surface area contributed by atoms with Gasteiger partial charge in [-0.3, -0.25) is 10.1 Å². The van der Waals surface area contributed by atoms with Crippen molar-refractivity contribution in [1.82, 2.24) is 9.88 Å². The highest BCUT2D eigenvalue weighted by molar-refractivity contribution is 7.13. The van der Waals surface area contributed by atoms with Crippen molar-refractivity contribution in [1.29, 1.82) is 5.26 Å². The van der Waals surface area contributed by atoms with Crippen molar-refractivity contribution >= 4 is 28.5 Å². The Morgan fingerprint density at radius 3 is 2.95 bits per heavy atom. The normalized spacial score (nSPS) is 11.3. The lowest BCUT2D eigenvalue weighted by molar-refractivity contribution is -0.142. The molecule has 0 fully saturated rings. The van der Waals surface area contributed by atoms with Crippen LogP contribution in [0.2, 0.25) is 0 Å². The number of hydrogen-bond donors (Lipinski definition) is 1. The average molecular weight is 310 g/mol. The monoisotopic (exact) mass is 310 g/mol. The topological polar surface area (TPSA) is 95.3 Å². The first-order chi connectivity index (χ1) is 9.97. The standard InChI is InChI=1S/C13H18N4O3S/c1-4-20-11(18)7-10-8-21-12(15-10)16-13(19)17(3)9(2)5-6-14/h8-9H,4-5,7H2,1-3H3,(H,15,16,19). The summed E-state index contributed by atoms with van der Waals surface area (Å²) in [7, 11) is 1.62. The predicted octanol–water partition coefficient (Wildman–Crippen LogP) is 2.01. The molecule has 0 aliphatic heterocycles. The van der Waals surface area contributed by atoms with Gasteiger partial charge >= 0.3 is 12.0 Å². The van der Waals surface area contributed by atoms with Crippen LogP contribution in [0.5, 0.6) is 0 Å². The van der Waals surface area contributed by atoms with Gasteiger partial charge in [0.15, 0.2) is 5.13 Å². The predicted molar refractivity (Wildman–Crippen MR) is 78.9 cm³/mol. The molecule has 0 aromatic carbocycles. The van der Waals surface area contributed by atoms with Gasteiger partial charge in [-0.1, -0.05) is 0 Å².